The minimum atomic E-state index is -2.67. The molecule has 0 heterocycles. The molecule has 1 rings (SSSR count). The number of methoxy groups -OCH3 is 1. The lowest BCUT2D eigenvalue weighted by Gasteiger charge is -2.30. The van der Waals surface area contributed by atoms with Crippen LogP contribution in [0.5, 0.6) is 0 Å². The smallest absolute Gasteiger partial charge is 0.306 e. The van der Waals surface area contributed by atoms with Gasteiger partial charge in [0.25, 0.3) is 5.92 Å². The van der Waals surface area contributed by atoms with Crippen molar-refractivity contribution in [2.24, 2.45) is 5.92 Å². The minimum Gasteiger partial charge on any atom is -0.469 e. The lowest BCUT2D eigenvalue weighted by molar-refractivity contribution is -0.149. The average molecular weight is 192 g/mol. The summed E-state index contributed by atoms with van der Waals surface area (Å²) in [4.78, 5) is 10.8. The number of ether oxygens (including phenoxy) is 1. The lowest BCUT2D eigenvalue weighted by atomic mass is 9.83. The first-order valence-corrected chi connectivity index (χ1v) is 4.51. The molecule has 0 amide bonds. The van der Waals surface area contributed by atoms with Crippen LogP contribution in [-0.2, 0) is 9.53 Å². The van der Waals surface area contributed by atoms with Gasteiger partial charge < -0.3 is 4.74 Å². The molecule has 76 valence electrons. The Labute approximate surface area is 76.3 Å². The van der Waals surface area contributed by atoms with Crippen molar-refractivity contribution in [3.05, 3.63) is 0 Å². The third-order valence-corrected chi connectivity index (χ3v) is 2.55. The van der Waals surface area contributed by atoms with Crippen LogP contribution in [0.2, 0.25) is 0 Å². The Morgan fingerprint density at radius 3 is 2.77 bits per heavy atom. The summed E-state index contributed by atoms with van der Waals surface area (Å²) in [7, 11) is 1.23. The third-order valence-electron chi connectivity index (χ3n) is 2.55. The van der Waals surface area contributed by atoms with Crippen molar-refractivity contribution in [2.75, 3.05) is 7.11 Å². The number of hydrogen-bond acceptors (Lipinski definition) is 2. The molecule has 1 atom stereocenters. The van der Waals surface area contributed by atoms with Crippen LogP contribution in [0.4, 0.5) is 8.78 Å². The second-order valence-corrected chi connectivity index (χ2v) is 3.48. The zero-order valence-electron chi connectivity index (χ0n) is 7.69. The van der Waals surface area contributed by atoms with Gasteiger partial charge in [0.15, 0.2) is 0 Å². The average Bonchev–Trinajstić information content (AvgIpc) is 2.08. The van der Waals surface area contributed by atoms with Gasteiger partial charge in [0, 0.05) is 12.3 Å². The number of halogens is 2. The first-order valence-electron chi connectivity index (χ1n) is 4.51. The second-order valence-electron chi connectivity index (χ2n) is 3.48. The second kappa shape index (κ2) is 4.03. The largest absolute Gasteiger partial charge is 0.469 e. The molecule has 0 aliphatic heterocycles. The Morgan fingerprint density at radius 1 is 1.54 bits per heavy atom. The van der Waals surface area contributed by atoms with Crippen LogP contribution in [0.15, 0.2) is 0 Å². The molecule has 0 aromatic carbocycles. The first-order chi connectivity index (χ1) is 6.06. The molecule has 1 aliphatic carbocycles. The van der Waals surface area contributed by atoms with Gasteiger partial charge >= 0.3 is 5.97 Å². The minimum absolute atomic E-state index is 0.0886. The zero-order chi connectivity index (χ0) is 9.90. The van der Waals surface area contributed by atoms with Gasteiger partial charge in [0.1, 0.15) is 0 Å². The van der Waals surface area contributed by atoms with Crippen LogP contribution in [0.25, 0.3) is 0 Å². The van der Waals surface area contributed by atoms with Crippen LogP contribution >= 0.6 is 0 Å². The van der Waals surface area contributed by atoms with Crippen molar-refractivity contribution in [1.82, 2.24) is 0 Å². The summed E-state index contributed by atoms with van der Waals surface area (Å²) in [6.45, 7) is 0. The number of carbonyl (C=O) groups is 1. The van der Waals surface area contributed by atoms with E-state index in [2.05, 4.69) is 4.74 Å². The fourth-order valence-corrected chi connectivity index (χ4v) is 1.70. The highest BCUT2D eigenvalue weighted by molar-refractivity contribution is 5.69. The molecule has 1 saturated carbocycles. The highest BCUT2D eigenvalue weighted by atomic mass is 19.3. The van der Waals surface area contributed by atoms with Crippen LogP contribution in [-0.4, -0.2) is 19.0 Å². The third kappa shape index (κ3) is 2.64. The quantitative estimate of drug-likeness (QED) is 0.628. The molecule has 0 aromatic rings. The summed E-state index contributed by atoms with van der Waals surface area (Å²) in [6, 6.07) is 0. The Hall–Kier alpha value is -0.670. The maximum Gasteiger partial charge on any atom is 0.306 e. The molecule has 4 heteroatoms. The van der Waals surface area contributed by atoms with E-state index in [1.807, 2.05) is 0 Å². The Bertz CT molecular complexity index is 192. The normalized spacial score (nSPS) is 26.8. The zero-order valence-corrected chi connectivity index (χ0v) is 7.69. The number of rotatable bonds is 2. The van der Waals surface area contributed by atoms with E-state index in [4.69, 9.17) is 0 Å². The van der Waals surface area contributed by atoms with Gasteiger partial charge in [0.2, 0.25) is 0 Å². The summed E-state index contributed by atoms with van der Waals surface area (Å²) in [5, 5.41) is 0. The topological polar surface area (TPSA) is 26.3 Å². The predicted octanol–water partition coefficient (Wildman–Crippen LogP) is 2.38. The van der Waals surface area contributed by atoms with Gasteiger partial charge in [-0.3, -0.25) is 4.79 Å². The monoisotopic (exact) mass is 192 g/mol. The molecular formula is C9H14F2O2. The highest BCUT2D eigenvalue weighted by Crippen LogP contribution is 2.40. The maximum absolute atomic E-state index is 13.2. The van der Waals surface area contributed by atoms with E-state index < -0.39 is 17.8 Å². The number of carbonyl (C=O) groups excluding carboxylic acids is 1. The lowest BCUT2D eigenvalue weighted by Crippen LogP contribution is -2.33. The van der Waals surface area contributed by atoms with Gasteiger partial charge in [-0.25, -0.2) is 8.78 Å². The molecule has 0 N–H and O–H groups in total. The molecule has 1 aliphatic rings. The molecular weight excluding hydrogens is 178 g/mol. The summed E-state index contributed by atoms with van der Waals surface area (Å²) >= 11 is 0. The molecule has 1 fully saturated rings. The van der Waals surface area contributed by atoms with Crippen molar-refractivity contribution in [3.8, 4) is 0 Å². The fourth-order valence-electron chi connectivity index (χ4n) is 1.70. The van der Waals surface area contributed by atoms with Crippen molar-refractivity contribution >= 4 is 5.97 Å². The molecule has 0 bridgehead atoms. The molecule has 0 saturated heterocycles. The number of hydrogen-bond donors (Lipinski definition) is 0. The van der Waals surface area contributed by atoms with Gasteiger partial charge in [0.05, 0.1) is 13.5 Å². The van der Waals surface area contributed by atoms with E-state index in [9.17, 15) is 13.6 Å². The Kier molecular flexibility index (Phi) is 3.22. The van der Waals surface area contributed by atoms with E-state index in [1.54, 1.807) is 0 Å². The van der Waals surface area contributed by atoms with Crippen molar-refractivity contribution in [1.29, 1.82) is 0 Å². The molecule has 1 unspecified atom stereocenters. The summed E-state index contributed by atoms with van der Waals surface area (Å²) in [5.74, 6) is -4.02. The summed E-state index contributed by atoms with van der Waals surface area (Å²) in [6.07, 6.45) is 1.54. The van der Waals surface area contributed by atoms with Crippen LogP contribution in [0.3, 0.4) is 0 Å². The predicted molar refractivity (Wildman–Crippen MR) is 43.5 cm³/mol. The van der Waals surface area contributed by atoms with E-state index in [-0.39, 0.29) is 12.8 Å². The van der Waals surface area contributed by atoms with Crippen LogP contribution in [0, 0.1) is 5.92 Å². The van der Waals surface area contributed by atoms with Crippen molar-refractivity contribution in [3.63, 3.8) is 0 Å². The standard InChI is InChI=1S/C9H14F2O2/c1-13-8(12)6-7-4-2-3-5-9(7,10)11/h7H,2-6H2,1H3. The number of alkyl halides is 2. The fraction of sp³-hybridized carbons (Fsp3) is 0.889. The summed E-state index contributed by atoms with van der Waals surface area (Å²) in [5.41, 5.74) is 0. The van der Waals surface area contributed by atoms with Gasteiger partial charge in [-0.2, -0.15) is 0 Å². The Balaban J connectivity index is 2.51. The SMILES string of the molecule is COC(=O)CC1CCCCC1(F)F. The van der Waals surface area contributed by atoms with Gasteiger partial charge in [-0.05, 0) is 12.8 Å². The molecule has 2 nitrogen and oxygen atoms in total. The van der Waals surface area contributed by atoms with E-state index in [1.165, 1.54) is 7.11 Å². The van der Waals surface area contributed by atoms with E-state index in [0.29, 0.717) is 12.8 Å². The molecule has 0 radical (unpaired) electrons. The first kappa shape index (κ1) is 10.4. The van der Waals surface area contributed by atoms with E-state index in [0.717, 1.165) is 6.42 Å². The summed E-state index contributed by atoms with van der Waals surface area (Å²) < 4.78 is 30.7. The highest BCUT2D eigenvalue weighted by Gasteiger charge is 2.42. The maximum atomic E-state index is 13.2. The van der Waals surface area contributed by atoms with E-state index >= 15 is 0 Å². The molecule has 0 aromatic heterocycles. The van der Waals surface area contributed by atoms with Crippen molar-refractivity contribution < 1.29 is 18.3 Å². The Morgan fingerprint density at radius 2 is 2.23 bits per heavy atom. The van der Waals surface area contributed by atoms with Gasteiger partial charge in [-0.1, -0.05) is 6.42 Å². The van der Waals surface area contributed by atoms with Crippen molar-refractivity contribution in [2.45, 2.75) is 38.0 Å². The van der Waals surface area contributed by atoms with Crippen LogP contribution in [0.1, 0.15) is 32.1 Å². The number of esters is 1. The van der Waals surface area contributed by atoms with Gasteiger partial charge in [-0.15, -0.1) is 0 Å². The molecule has 13 heavy (non-hydrogen) atoms. The van der Waals surface area contributed by atoms with Crippen LogP contribution < -0.4 is 0 Å². The molecule has 0 spiro atoms.